The van der Waals surface area contributed by atoms with Crippen molar-refractivity contribution in [2.75, 3.05) is 11.4 Å². The van der Waals surface area contributed by atoms with Gasteiger partial charge in [-0.2, -0.15) is 0 Å². The Morgan fingerprint density at radius 2 is 2.00 bits per heavy atom. The van der Waals surface area contributed by atoms with Gasteiger partial charge in [-0.25, -0.2) is 4.79 Å². The maximum absolute atomic E-state index is 12.3. The molecule has 0 atom stereocenters. The van der Waals surface area contributed by atoms with Gasteiger partial charge in [-0.3, -0.25) is 4.90 Å². The summed E-state index contributed by atoms with van der Waals surface area (Å²) >= 11 is 0. The molecule has 1 aromatic carbocycles. The van der Waals surface area contributed by atoms with Gasteiger partial charge in [-0.05, 0) is 45.7 Å². The Kier molecular flexibility index (Phi) is 2.52. The second kappa shape index (κ2) is 3.89. The number of hydrogen-bond acceptors (Lipinski definition) is 3. The summed E-state index contributed by atoms with van der Waals surface area (Å²) in [7, 11) is 0. The van der Waals surface area contributed by atoms with Crippen LogP contribution in [0, 0.1) is 0 Å². The number of benzene rings is 1. The van der Waals surface area contributed by atoms with E-state index < -0.39 is 5.60 Å². The van der Waals surface area contributed by atoms with Crippen molar-refractivity contribution in [1.29, 1.82) is 0 Å². The van der Waals surface area contributed by atoms with Crippen molar-refractivity contribution in [3.63, 3.8) is 0 Å². The van der Waals surface area contributed by atoms with Gasteiger partial charge in [0, 0.05) is 0 Å². The molecule has 0 unspecified atom stereocenters. The van der Waals surface area contributed by atoms with Gasteiger partial charge < -0.3 is 9.47 Å². The highest BCUT2D eigenvalue weighted by Crippen LogP contribution is 2.48. The number of rotatable bonds is 0. The summed E-state index contributed by atoms with van der Waals surface area (Å²) in [5.74, 6) is 0.775. The number of para-hydroxylation sites is 2. The second-order valence-corrected chi connectivity index (χ2v) is 6.32. The van der Waals surface area contributed by atoms with Crippen molar-refractivity contribution in [3.05, 3.63) is 24.3 Å². The van der Waals surface area contributed by atoms with Crippen molar-refractivity contribution >= 4 is 11.8 Å². The minimum Gasteiger partial charge on any atom is -0.483 e. The summed E-state index contributed by atoms with van der Waals surface area (Å²) in [4.78, 5) is 14.0. The molecule has 0 bridgehead atoms. The van der Waals surface area contributed by atoms with Gasteiger partial charge in [0.25, 0.3) is 0 Å². The van der Waals surface area contributed by atoms with Crippen molar-refractivity contribution in [2.45, 2.75) is 44.8 Å². The molecule has 1 aliphatic heterocycles. The van der Waals surface area contributed by atoms with E-state index in [0.717, 1.165) is 24.3 Å². The highest BCUT2D eigenvalue weighted by atomic mass is 16.6. The molecule has 4 nitrogen and oxygen atoms in total. The van der Waals surface area contributed by atoms with E-state index in [1.165, 1.54) is 0 Å². The van der Waals surface area contributed by atoms with Crippen LogP contribution in [0.3, 0.4) is 0 Å². The molecule has 4 heteroatoms. The first-order valence-electron chi connectivity index (χ1n) is 6.67. The molecule has 1 spiro atoms. The molecule has 2 aliphatic rings. The quantitative estimate of drug-likeness (QED) is 0.719. The molecule has 0 aromatic heterocycles. The number of fused-ring (bicyclic) bond motifs is 1. The van der Waals surface area contributed by atoms with Gasteiger partial charge in [0.05, 0.1) is 12.2 Å². The van der Waals surface area contributed by atoms with E-state index in [2.05, 4.69) is 0 Å². The van der Waals surface area contributed by atoms with Crippen LogP contribution in [0.2, 0.25) is 0 Å². The lowest BCUT2D eigenvalue weighted by Crippen LogP contribution is -2.47. The summed E-state index contributed by atoms with van der Waals surface area (Å²) in [6.07, 6.45) is 1.70. The largest absolute Gasteiger partial charge is 0.483 e. The fourth-order valence-electron chi connectivity index (χ4n) is 2.28. The van der Waals surface area contributed by atoms with Crippen LogP contribution in [0.1, 0.15) is 33.6 Å². The molecule has 1 amide bonds. The fraction of sp³-hybridized carbons (Fsp3) is 0.533. The maximum Gasteiger partial charge on any atom is 0.415 e. The van der Waals surface area contributed by atoms with E-state index in [4.69, 9.17) is 9.47 Å². The van der Waals surface area contributed by atoms with E-state index >= 15 is 0 Å². The van der Waals surface area contributed by atoms with E-state index in [9.17, 15) is 4.79 Å². The Bertz CT molecular complexity index is 514. The number of anilines is 1. The Morgan fingerprint density at radius 1 is 1.32 bits per heavy atom. The summed E-state index contributed by atoms with van der Waals surface area (Å²) in [6.45, 7) is 6.22. The molecule has 3 rings (SSSR count). The van der Waals surface area contributed by atoms with Gasteiger partial charge in [-0.15, -0.1) is 0 Å². The van der Waals surface area contributed by atoms with Crippen molar-refractivity contribution < 1.29 is 14.3 Å². The Morgan fingerprint density at radius 3 is 2.63 bits per heavy atom. The maximum atomic E-state index is 12.3. The van der Waals surface area contributed by atoms with E-state index in [1.54, 1.807) is 4.90 Å². The summed E-state index contributed by atoms with van der Waals surface area (Å²) in [5.41, 5.74) is 0.140. The molecule has 1 saturated carbocycles. The van der Waals surface area contributed by atoms with Crippen LogP contribution in [0.4, 0.5) is 10.5 Å². The predicted octanol–water partition coefficient (Wildman–Crippen LogP) is 3.35. The fourth-order valence-corrected chi connectivity index (χ4v) is 2.28. The molecule has 1 aromatic rings. The van der Waals surface area contributed by atoms with E-state index in [-0.39, 0.29) is 11.7 Å². The van der Waals surface area contributed by atoms with Gasteiger partial charge in [-0.1, -0.05) is 12.1 Å². The zero-order chi connectivity index (χ0) is 13.7. The number of ether oxygens (including phenoxy) is 2. The van der Waals surface area contributed by atoms with Crippen LogP contribution in [-0.4, -0.2) is 23.8 Å². The van der Waals surface area contributed by atoms with Crippen LogP contribution in [0.5, 0.6) is 5.75 Å². The molecule has 1 heterocycles. The minimum atomic E-state index is -0.485. The van der Waals surface area contributed by atoms with Crippen LogP contribution >= 0.6 is 0 Å². The molecule has 19 heavy (non-hydrogen) atoms. The number of carbonyl (C=O) groups is 1. The molecular weight excluding hydrogens is 242 g/mol. The lowest BCUT2D eigenvalue weighted by molar-refractivity contribution is 0.0537. The van der Waals surface area contributed by atoms with Gasteiger partial charge in [0.15, 0.2) is 0 Å². The first kappa shape index (κ1) is 12.3. The molecule has 0 N–H and O–H groups in total. The predicted molar refractivity (Wildman–Crippen MR) is 72.6 cm³/mol. The van der Waals surface area contributed by atoms with Gasteiger partial charge >= 0.3 is 6.09 Å². The lowest BCUT2D eigenvalue weighted by atomic mass is 10.1. The number of carbonyl (C=O) groups excluding carboxylic acids is 1. The Labute approximate surface area is 113 Å². The zero-order valence-electron chi connectivity index (χ0n) is 11.6. The minimum absolute atomic E-state index is 0.175. The van der Waals surface area contributed by atoms with E-state index in [1.807, 2.05) is 45.0 Å². The summed E-state index contributed by atoms with van der Waals surface area (Å²) in [6, 6.07) is 7.64. The van der Waals surface area contributed by atoms with Gasteiger partial charge in [0.1, 0.15) is 17.0 Å². The average Bonchev–Trinajstić information content (AvgIpc) is 3.05. The van der Waals surface area contributed by atoms with Crippen LogP contribution in [-0.2, 0) is 4.74 Å². The molecule has 0 radical (unpaired) electrons. The van der Waals surface area contributed by atoms with Crippen molar-refractivity contribution in [3.8, 4) is 5.75 Å². The standard InChI is InChI=1S/C15H19NO3/c1-14(2,3)19-13(17)16-10-15(8-9-15)18-12-7-5-4-6-11(12)16/h4-7H,8-10H2,1-3H3. The third kappa shape index (κ3) is 2.39. The van der Waals surface area contributed by atoms with Crippen LogP contribution in [0.25, 0.3) is 0 Å². The van der Waals surface area contributed by atoms with Crippen LogP contribution < -0.4 is 9.64 Å². The van der Waals surface area contributed by atoms with Crippen molar-refractivity contribution in [1.82, 2.24) is 0 Å². The SMILES string of the molecule is CC(C)(C)OC(=O)N1CC2(CC2)Oc2ccccc21. The monoisotopic (exact) mass is 261 g/mol. The summed E-state index contributed by atoms with van der Waals surface area (Å²) < 4.78 is 11.5. The Hall–Kier alpha value is -1.71. The highest BCUT2D eigenvalue weighted by Gasteiger charge is 2.51. The highest BCUT2D eigenvalue weighted by molar-refractivity contribution is 5.90. The number of nitrogens with zero attached hydrogens (tertiary/aromatic N) is 1. The normalized spacial score (nSPS) is 19.6. The molecular formula is C15H19NO3. The average molecular weight is 261 g/mol. The second-order valence-electron chi connectivity index (χ2n) is 6.32. The first-order valence-corrected chi connectivity index (χ1v) is 6.67. The molecule has 1 aliphatic carbocycles. The van der Waals surface area contributed by atoms with Crippen LogP contribution in [0.15, 0.2) is 24.3 Å². The lowest BCUT2D eigenvalue weighted by Gasteiger charge is -2.36. The topological polar surface area (TPSA) is 38.8 Å². The molecule has 0 saturated heterocycles. The third-order valence-electron chi connectivity index (χ3n) is 3.35. The van der Waals surface area contributed by atoms with Gasteiger partial charge in [0.2, 0.25) is 0 Å². The number of amides is 1. The Balaban J connectivity index is 1.90. The first-order chi connectivity index (χ1) is 8.89. The van der Waals surface area contributed by atoms with Crippen molar-refractivity contribution in [2.24, 2.45) is 0 Å². The van der Waals surface area contributed by atoms with E-state index in [0.29, 0.717) is 6.54 Å². The third-order valence-corrected chi connectivity index (χ3v) is 3.35. The summed E-state index contributed by atoms with van der Waals surface area (Å²) in [5, 5.41) is 0. The molecule has 1 fully saturated rings. The zero-order valence-corrected chi connectivity index (χ0v) is 11.6. The number of hydrogen-bond donors (Lipinski definition) is 0. The smallest absolute Gasteiger partial charge is 0.415 e. The molecule has 102 valence electrons.